The van der Waals surface area contributed by atoms with Gasteiger partial charge < -0.3 is 16.0 Å². The number of anilines is 2. The molecule has 1 saturated carbocycles. The van der Waals surface area contributed by atoms with Crippen LogP contribution in [0.5, 0.6) is 0 Å². The molecule has 5 nitrogen and oxygen atoms in total. The van der Waals surface area contributed by atoms with Gasteiger partial charge in [-0.3, -0.25) is 4.79 Å². The molecule has 0 radical (unpaired) electrons. The fourth-order valence-electron chi connectivity index (χ4n) is 4.98. The Kier molecular flexibility index (Phi) is 5.48. The molecule has 1 aliphatic heterocycles. The Hall–Kier alpha value is -2.56. The van der Waals surface area contributed by atoms with Crippen LogP contribution in [-0.2, 0) is 10.2 Å². The van der Waals surface area contributed by atoms with Crippen molar-refractivity contribution >= 4 is 17.4 Å². The average molecular weight is 393 g/mol. The van der Waals surface area contributed by atoms with Crippen LogP contribution in [0, 0.1) is 0 Å². The largest absolute Gasteiger partial charge is 0.399 e. The first kappa shape index (κ1) is 19.7. The number of aromatic nitrogens is 1. The molecule has 1 aromatic heterocycles. The molecule has 1 atom stereocenters. The molecular weight excluding hydrogens is 360 g/mol. The van der Waals surface area contributed by atoms with Crippen LogP contribution in [-0.4, -0.2) is 30.0 Å². The van der Waals surface area contributed by atoms with Gasteiger partial charge >= 0.3 is 0 Å². The molecule has 2 aliphatic carbocycles. The Morgan fingerprint density at radius 3 is 2.55 bits per heavy atom. The van der Waals surface area contributed by atoms with Gasteiger partial charge in [0, 0.05) is 44.0 Å². The van der Waals surface area contributed by atoms with Gasteiger partial charge in [0.2, 0.25) is 5.91 Å². The zero-order chi connectivity index (χ0) is 20.4. The highest BCUT2D eigenvalue weighted by Gasteiger charge is 2.43. The van der Waals surface area contributed by atoms with Crippen molar-refractivity contribution in [3.63, 3.8) is 0 Å². The third kappa shape index (κ3) is 4.39. The number of benzene rings is 1. The second-order valence-electron chi connectivity index (χ2n) is 8.88. The number of carbonyl (C=O) groups is 1. The molecule has 0 bridgehead atoms. The standard InChI is InChI=1S/C19H23N3.C5H9NO/c1-14-13-19(17-5-3-2-4-16(14)17)7-10-22(11-8-19)18-12-15(20)6-9-21-18;1-4(7)6-5-2-3-5/h2-6,9,12,14H,7-8,10-11,13H2,1H3,(H2,20,21);5H,2-3H2,1H3,(H,6,7). The van der Waals surface area contributed by atoms with Crippen molar-refractivity contribution in [2.24, 2.45) is 0 Å². The predicted molar refractivity (Wildman–Crippen MR) is 118 cm³/mol. The lowest BCUT2D eigenvalue weighted by Crippen LogP contribution is -2.42. The van der Waals surface area contributed by atoms with E-state index in [1.165, 1.54) is 32.1 Å². The molecular formula is C24H32N4O. The number of fused-ring (bicyclic) bond motifs is 2. The van der Waals surface area contributed by atoms with Crippen LogP contribution in [0.2, 0.25) is 0 Å². The van der Waals surface area contributed by atoms with E-state index in [1.54, 1.807) is 18.1 Å². The Balaban J connectivity index is 0.000000249. The van der Waals surface area contributed by atoms with Gasteiger partial charge in [0.1, 0.15) is 5.82 Å². The number of carbonyl (C=O) groups excluding carboxylic acids is 1. The fraction of sp³-hybridized carbons (Fsp3) is 0.500. The molecule has 1 spiro atoms. The summed E-state index contributed by atoms with van der Waals surface area (Å²) in [6, 6.07) is 13.4. The van der Waals surface area contributed by atoms with Crippen LogP contribution < -0.4 is 16.0 Å². The summed E-state index contributed by atoms with van der Waals surface area (Å²) in [5.74, 6) is 1.81. The molecule has 2 fully saturated rings. The van der Waals surface area contributed by atoms with E-state index in [4.69, 9.17) is 5.73 Å². The van der Waals surface area contributed by atoms with Crippen molar-refractivity contribution in [2.45, 2.75) is 63.3 Å². The summed E-state index contributed by atoms with van der Waals surface area (Å²) in [7, 11) is 0. The average Bonchev–Trinajstić information content (AvgIpc) is 3.47. The maximum atomic E-state index is 10.2. The first-order valence-corrected chi connectivity index (χ1v) is 10.8. The van der Waals surface area contributed by atoms with E-state index in [1.807, 2.05) is 18.3 Å². The van der Waals surface area contributed by atoms with E-state index < -0.39 is 0 Å². The minimum absolute atomic E-state index is 0.0995. The van der Waals surface area contributed by atoms with Gasteiger partial charge in [0.15, 0.2) is 0 Å². The zero-order valence-corrected chi connectivity index (χ0v) is 17.5. The summed E-state index contributed by atoms with van der Waals surface area (Å²) >= 11 is 0. The molecule has 5 heteroatoms. The highest BCUT2D eigenvalue weighted by Crippen LogP contribution is 2.51. The van der Waals surface area contributed by atoms with Gasteiger partial charge in [-0.1, -0.05) is 31.2 Å². The summed E-state index contributed by atoms with van der Waals surface area (Å²) < 4.78 is 0. The normalized spacial score (nSPS) is 21.9. The summed E-state index contributed by atoms with van der Waals surface area (Å²) in [5.41, 5.74) is 10.2. The summed E-state index contributed by atoms with van der Waals surface area (Å²) in [6.07, 6.45) is 7.89. The predicted octanol–water partition coefficient (Wildman–Crippen LogP) is 3.99. The van der Waals surface area contributed by atoms with E-state index in [0.29, 0.717) is 17.4 Å². The molecule has 1 unspecified atom stereocenters. The number of pyridine rings is 1. The number of nitrogens with one attached hydrogen (secondary N) is 1. The monoisotopic (exact) mass is 392 g/mol. The number of piperidine rings is 1. The molecule has 2 heterocycles. The Morgan fingerprint density at radius 2 is 1.93 bits per heavy atom. The Morgan fingerprint density at radius 1 is 1.21 bits per heavy atom. The molecule has 154 valence electrons. The lowest BCUT2D eigenvalue weighted by molar-refractivity contribution is -0.119. The Labute approximate surface area is 173 Å². The minimum atomic E-state index is 0.0995. The molecule has 29 heavy (non-hydrogen) atoms. The van der Waals surface area contributed by atoms with Crippen molar-refractivity contribution in [2.75, 3.05) is 23.7 Å². The summed E-state index contributed by atoms with van der Waals surface area (Å²) in [6.45, 7) is 6.06. The Bertz CT molecular complexity index is 869. The van der Waals surface area contributed by atoms with Gasteiger partial charge in [-0.25, -0.2) is 4.98 Å². The van der Waals surface area contributed by atoms with Gasteiger partial charge in [-0.2, -0.15) is 0 Å². The number of nitrogens with two attached hydrogens (primary N) is 1. The third-order valence-corrected chi connectivity index (χ3v) is 6.56. The van der Waals surface area contributed by atoms with Crippen molar-refractivity contribution < 1.29 is 4.79 Å². The first-order valence-electron chi connectivity index (χ1n) is 10.8. The van der Waals surface area contributed by atoms with Crippen molar-refractivity contribution in [3.05, 3.63) is 53.7 Å². The van der Waals surface area contributed by atoms with Crippen LogP contribution in [0.3, 0.4) is 0 Å². The molecule has 1 amide bonds. The fourth-order valence-corrected chi connectivity index (χ4v) is 4.98. The molecule has 2 aromatic rings. The topological polar surface area (TPSA) is 71.2 Å². The number of hydrogen-bond donors (Lipinski definition) is 2. The van der Waals surface area contributed by atoms with Gasteiger partial charge in [0.05, 0.1) is 0 Å². The first-order chi connectivity index (χ1) is 14.0. The van der Waals surface area contributed by atoms with Crippen molar-refractivity contribution in [3.8, 4) is 0 Å². The van der Waals surface area contributed by atoms with Gasteiger partial charge in [0.25, 0.3) is 0 Å². The second-order valence-corrected chi connectivity index (χ2v) is 8.88. The van der Waals surface area contributed by atoms with Crippen molar-refractivity contribution in [1.29, 1.82) is 0 Å². The highest BCUT2D eigenvalue weighted by atomic mass is 16.1. The van der Waals surface area contributed by atoms with Crippen molar-refractivity contribution in [1.82, 2.24) is 10.3 Å². The lowest BCUT2D eigenvalue weighted by Gasteiger charge is -2.41. The molecule has 3 aliphatic rings. The number of amides is 1. The quantitative estimate of drug-likeness (QED) is 0.810. The number of hydrogen-bond acceptors (Lipinski definition) is 4. The van der Waals surface area contributed by atoms with Crippen LogP contribution in [0.25, 0.3) is 0 Å². The van der Waals surface area contributed by atoms with Gasteiger partial charge in [-0.15, -0.1) is 0 Å². The molecule has 5 rings (SSSR count). The van der Waals surface area contributed by atoms with Crippen LogP contribution in [0.15, 0.2) is 42.6 Å². The van der Waals surface area contributed by atoms with E-state index in [-0.39, 0.29) is 5.91 Å². The minimum Gasteiger partial charge on any atom is -0.399 e. The smallest absolute Gasteiger partial charge is 0.217 e. The third-order valence-electron chi connectivity index (χ3n) is 6.56. The lowest BCUT2D eigenvalue weighted by atomic mass is 9.73. The number of nitrogens with zero attached hydrogens (tertiary/aromatic N) is 2. The highest BCUT2D eigenvalue weighted by molar-refractivity contribution is 5.73. The van der Waals surface area contributed by atoms with Crippen LogP contribution in [0.1, 0.15) is 63.0 Å². The number of rotatable bonds is 2. The van der Waals surface area contributed by atoms with E-state index >= 15 is 0 Å². The summed E-state index contributed by atoms with van der Waals surface area (Å²) in [4.78, 5) is 17.0. The maximum Gasteiger partial charge on any atom is 0.217 e. The second kappa shape index (κ2) is 8.05. The van der Waals surface area contributed by atoms with E-state index in [2.05, 4.69) is 46.4 Å². The maximum absolute atomic E-state index is 10.2. The SMILES string of the molecule is CC(=O)NC1CC1.CC1CC2(CCN(c3cc(N)ccn3)CC2)c2ccccc21. The van der Waals surface area contributed by atoms with Crippen LogP contribution >= 0.6 is 0 Å². The summed E-state index contributed by atoms with van der Waals surface area (Å²) in [5, 5.41) is 2.78. The van der Waals surface area contributed by atoms with E-state index in [9.17, 15) is 4.79 Å². The van der Waals surface area contributed by atoms with Crippen LogP contribution in [0.4, 0.5) is 11.5 Å². The molecule has 1 saturated heterocycles. The zero-order valence-electron chi connectivity index (χ0n) is 17.5. The molecule has 1 aromatic carbocycles. The van der Waals surface area contributed by atoms with E-state index in [0.717, 1.165) is 24.6 Å². The number of nitrogen functional groups attached to an aromatic ring is 1. The molecule has 3 N–H and O–H groups in total. The van der Waals surface area contributed by atoms with Gasteiger partial charge in [-0.05, 0) is 60.6 Å².